The molecule has 6 heteroatoms. The fourth-order valence-corrected chi connectivity index (χ4v) is 4.35. The van der Waals surface area contributed by atoms with E-state index in [1.165, 1.54) is 27.9 Å². The Morgan fingerprint density at radius 3 is 3.04 bits per heavy atom. The maximum absolute atomic E-state index is 12.7. The average molecular weight is 344 g/mol. The van der Waals surface area contributed by atoms with E-state index in [-0.39, 0.29) is 5.56 Å². The summed E-state index contributed by atoms with van der Waals surface area (Å²) in [5, 5.41) is 5.64. The molecule has 3 aromatic rings. The van der Waals surface area contributed by atoms with Crippen LogP contribution in [-0.4, -0.2) is 15.9 Å². The van der Waals surface area contributed by atoms with E-state index in [0.717, 1.165) is 35.0 Å². The molecule has 0 spiro atoms. The second-order valence-electron chi connectivity index (χ2n) is 5.58. The number of hydrogen-bond acceptors (Lipinski definition) is 4. The van der Waals surface area contributed by atoms with Crippen molar-refractivity contribution in [1.82, 2.24) is 9.66 Å². The predicted molar refractivity (Wildman–Crippen MR) is 95.0 cm³/mol. The first-order chi connectivity index (χ1) is 11.2. The van der Waals surface area contributed by atoms with Gasteiger partial charge in [-0.05, 0) is 48.9 Å². The van der Waals surface area contributed by atoms with Gasteiger partial charge < -0.3 is 0 Å². The van der Waals surface area contributed by atoms with Crippen LogP contribution in [0.15, 0.2) is 40.5 Å². The van der Waals surface area contributed by atoms with Crippen molar-refractivity contribution in [3.05, 3.63) is 62.0 Å². The Bertz CT molecular complexity index is 974. The molecule has 0 unspecified atom stereocenters. The second-order valence-corrected chi connectivity index (χ2v) is 7.10. The third-order valence-corrected chi connectivity index (χ3v) is 5.47. The molecule has 0 saturated carbocycles. The molecule has 0 amide bonds. The maximum Gasteiger partial charge on any atom is 0.282 e. The number of hydrogen-bond donors (Lipinski definition) is 0. The molecule has 0 radical (unpaired) electrons. The SMILES string of the molecule is O=c1c2c3c(sc2ncn1/N=C/c1cccc(Cl)c1)CCCC3. The summed E-state index contributed by atoms with van der Waals surface area (Å²) in [5.41, 5.74) is 1.94. The van der Waals surface area contributed by atoms with E-state index in [9.17, 15) is 4.79 Å². The lowest BCUT2D eigenvalue weighted by atomic mass is 9.97. The van der Waals surface area contributed by atoms with Gasteiger partial charge in [0.25, 0.3) is 5.56 Å². The first-order valence-corrected chi connectivity index (χ1v) is 8.73. The lowest BCUT2D eigenvalue weighted by Crippen LogP contribution is -2.18. The van der Waals surface area contributed by atoms with Gasteiger partial charge in [0.05, 0.1) is 11.6 Å². The van der Waals surface area contributed by atoms with E-state index in [2.05, 4.69) is 10.1 Å². The highest BCUT2D eigenvalue weighted by Crippen LogP contribution is 2.33. The molecule has 1 aliphatic rings. The van der Waals surface area contributed by atoms with Crippen LogP contribution < -0.4 is 5.56 Å². The lowest BCUT2D eigenvalue weighted by Gasteiger charge is -2.09. The van der Waals surface area contributed by atoms with Crippen LogP contribution in [0.1, 0.15) is 28.8 Å². The van der Waals surface area contributed by atoms with Gasteiger partial charge >= 0.3 is 0 Å². The number of rotatable bonds is 2. The summed E-state index contributed by atoms with van der Waals surface area (Å²) in [6, 6.07) is 7.34. The molecular formula is C17H14ClN3OS. The molecule has 0 aliphatic heterocycles. The maximum atomic E-state index is 12.7. The zero-order valence-electron chi connectivity index (χ0n) is 12.3. The number of fused-ring (bicyclic) bond motifs is 3. The van der Waals surface area contributed by atoms with E-state index in [4.69, 9.17) is 11.6 Å². The van der Waals surface area contributed by atoms with Gasteiger partial charge in [-0.25, -0.2) is 4.98 Å². The van der Waals surface area contributed by atoms with Gasteiger partial charge in [-0.3, -0.25) is 4.79 Å². The molecule has 0 bridgehead atoms. The van der Waals surface area contributed by atoms with Crippen molar-refractivity contribution in [2.45, 2.75) is 25.7 Å². The van der Waals surface area contributed by atoms with Crippen molar-refractivity contribution in [3.63, 3.8) is 0 Å². The quantitative estimate of drug-likeness (QED) is 0.663. The van der Waals surface area contributed by atoms with Crippen LogP contribution in [0.5, 0.6) is 0 Å². The Morgan fingerprint density at radius 2 is 2.17 bits per heavy atom. The summed E-state index contributed by atoms with van der Waals surface area (Å²) in [4.78, 5) is 19.3. The summed E-state index contributed by atoms with van der Waals surface area (Å²) >= 11 is 7.60. The van der Waals surface area contributed by atoms with Gasteiger partial charge in [-0.1, -0.05) is 23.7 Å². The number of halogens is 1. The van der Waals surface area contributed by atoms with Crippen molar-refractivity contribution < 1.29 is 0 Å². The van der Waals surface area contributed by atoms with Crippen molar-refractivity contribution in [2.75, 3.05) is 0 Å². The zero-order chi connectivity index (χ0) is 15.8. The molecule has 0 fully saturated rings. The highest BCUT2D eigenvalue weighted by molar-refractivity contribution is 7.18. The Kier molecular flexibility index (Phi) is 3.75. The van der Waals surface area contributed by atoms with Gasteiger partial charge in [0.1, 0.15) is 11.2 Å². The molecular weight excluding hydrogens is 330 g/mol. The minimum absolute atomic E-state index is 0.0901. The van der Waals surface area contributed by atoms with E-state index in [1.807, 2.05) is 12.1 Å². The number of benzene rings is 1. The summed E-state index contributed by atoms with van der Waals surface area (Å²) in [7, 11) is 0. The minimum Gasteiger partial charge on any atom is -0.267 e. The summed E-state index contributed by atoms with van der Waals surface area (Å²) < 4.78 is 1.31. The largest absolute Gasteiger partial charge is 0.282 e. The molecule has 0 atom stereocenters. The lowest BCUT2D eigenvalue weighted by molar-refractivity contribution is 0.699. The summed E-state index contributed by atoms with van der Waals surface area (Å²) in [6.07, 6.45) is 7.48. The summed E-state index contributed by atoms with van der Waals surface area (Å²) in [5.74, 6) is 0. The fourth-order valence-electron chi connectivity index (χ4n) is 2.94. The Balaban J connectivity index is 1.79. The minimum atomic E-state index is -0.0901. The van der Waals surface area contributed by atoms with E-state index < -0.39 is 0 Å². The van der Waals surface area contributed by atoms with Crippen LogP contribution >= 0.6 is 22.9 Å². The monoisotopic (exact) mass is 343 g/mol. The third-order valence-electron chi connectivity index (χ3n) is 4.04. The van der Waals surface area contributed by atoms with Gasteiger partial charge in [0.2, 0.25) is 0 Å². The van der Waals surface area contributed by atoms with Crippen LogP contribution in [0.25, 0.3) is 10.2 Å². The predicted octanol–water partition coefficient (Wildman–Crippen LogP) is 3.87. The van der Waals surface area contributed by atoms with E-state index >= 15 is 0 Å². The highest BCUT2D eigenvalue weighted by atomic mass is 35.5. The van der Waals surface area contributed by atoms with Crippen molar-refractivity contribution in [3.8, 4) is 0 Å². The van der Waals surface area contributed by atoms with Crippen LogP contribution in [0.4, 0.5) is 0 Å². The van der Waals surface area contributed by atoms with Gasteiger partial charge in [-0.2, -0.15) is 9.78 Å². The van der Waals surface area contributed by atoms with Crippen molar-refractivity contribution >= 4 is 39.4 Å². The van der Waals surface area contributed by atoms with Crippen LogP contribution in [0, 0.1) is 0 Å². The number of nitrogens with zero attached hydrogens (tertiary/aromatic N) is 3. The Morgan fingerprint density at radius 1 is 1.30 bits per heavy atom. The molecule has 116 valence electrons. The fraction of sp³-hybridized carbons (Fsp3) is 0.235. The zero-order valence-corrected chi connectivity index (χ0v) is 13.9. The summed E-state index contributed by atoms with van der Waals surface area (Å²) in [6.45, 7) is 0. The van der Waals surface area contributed by atoms with Gasteiger partial charge in [0.15, 0.2) is 0 Å². The average Bonchev–Trinajstić information content (AvgIpc) is 2.93. The smallest absolute Gasteiger partial charge is 0.267 e. The molecule has 2 heterocycles. The van der Waals surface area contributed by atoms with Crippen LogP contribution in [0.2, 0.25) is 5.02 Å². The van der Waals surface area contributed by atoms with E-state index in [0.29, 0.717) is 5.02 Å². The molecule has 1 aliphatic carbocycles. The first-order valence-electron chi connectivity index (χ1n) is 7.54. The second kappa shape index (κ2) is 5.91. The Labute approximate surface area is 142 Å². The molecule has 4 rings (SSSR count). The van der Waals surface area contributed by atoms with Crippen molar-refractivity contribution in [2.24, 2.45) is 5.10 Å². The Hall–Kier alpha value is -1.98. The topological polar surface area (TPSA) is 47.2 Å². The van der Waals surface area contributed by atoms with Gasteiger partial charge in [-0.15, -0.1) is 11.3 Å². The van der Waals surface area contributed by atoms with Crippen molar-refractivity contribution in [1.29, 1.82) is 0 Å². The van der Waals surface area contributed by atoms with Crippen LogP contribution in [0.3, 0.4) is 0 Å². The number of thiophene rings is 1. The molecule has 0 saturated heterocycles. The normalized spacial score (nSPS) is 14.5. The van der Waals surface area contributed by atoms with Gasteiger partial charge in [0, 0.05) is 9.90 Å². The first kappa shape index (κ1) is 14.6. The highest BCUT2D eigenvalue weighted by Gasteiger charge is 2.19. The van der Waals surface area contributed by atoms with Crippen LogP contribution in [-0.2, 0) is 12.8 Å². The molecule has 1 aromatic carbocycles. The van der Waals surface area contributed by atoms with E-state index in [1.54, 1.807) is 29.7 Å². The molecule has 2 aromatic heterocycles. The molecule has 4 nitrogen and oxygen atoms in total. The number of aryl methyl sites for hydroxylation is 2. The third kappa shape index (κ3) is 2.71. The standard InChI is InChI=1S/C17H14ClN3OS/c18-12-5-3-4-11(8-12)9-20-21-10-19-16-15(17(21)22)13-6-1-2-7-14(13)23-16/h3-5,8-10H,1-2,6-7H2/b20-9+. The number of aromatic nitrogens is 2. The molecule has 23 heavy (non-hydrogen) atoms. The molecule has 0 N–H and O–H groups in total.